The molecule has 1 heterocycles. The monoisotopic (exact) mass is 393 g/mol. The summed E-state index contributed by atoms with van der Waals surface area (Å²) in [4.78, 5) is 25.5. The number of sulfonamides is 1. The molecule has 1 aliphatic carbocycles. The van der Waals surface area contributed by atoms with Crippen LogP contribution in [0.1, 0.15) is 37.6 Å². The highest BCUT2D eigenvalue weighted by atomic mass is 32.2. The average molecular weight is 393 g/mol. The molecule has 0 radical (unpaired) electrons. The lowest BCUT2D eigenvalue weighted by atomic mass is 10.1. The first-order chi connectivity index (χ1) is 12.2. The van der Waals surface area contributed by atoms with Crippen molar-refractivity contribution in [3.8, 4) is 0 Å². The number of nitrogens with zero attached hydrogens (tertiary/aromatic N) is 1. The number of carbonyl (C=O) groups is 2. The second-order valence-corrected chi connectivity index (χ2v) is 9.45. The number of nitrogens with one attached hydrogen (secondary N) is 1. The maximum Gasteiger partial charge on any atom is 0.256 e. The average Bonchev–Trinajstić information content (AvgIpc) is 3.14. The van der Waals surface area contributed by atoms with Crippen LogP contribution in [0, 0.1) is 0 Å². The zero-order valence-corrected chi connectivity index (χ0v) is 16.0. The van der Waals surface area contributed by atoms with Crippen molar-refractivity contribution < 1.29 is 18.0 Å². The van der Waals surface area contributed by atoms with Gasteiger partial charge in [0.1, 0.15) is 5.00 Å². The van der Waals surface area contributed by atoms with Crippen LogP contribution in [0.2, 0.25) is 0 Å². The lowest BCUT2D eigenvalue weighted by Gasteiger charge is -2.11. The van der Waals surface area contributed by atoms with E-state index in [4.69, 9.17) is 5.73 Å². The Balaban J connectivity index is 1.85. The van der Waals surface area contributed by atoms with Gasteiger partial charge in [0.2, 0.25) is 10.0 Å². The van der Waals surface area contributed by atoms with E-state index >= 15 is 0 Å². The van der Waals surface area contributed by atoms with Gasteiger partial charge in [-0.3, -0.25) is 9.59 Å². The van der Waals surface area contributed by atoms with Gasteiger partial charge in [-0.05, 0) is 49.1 Å². The second kappa shape index (κ2) is 6.82. The predicted octanol–water partition coefficient (Wildman–Crippen LogP) is 1.84. The predicted molar refractivity (Wildman–Crippen MR) is 100 cm³/mol. The molecule has 0 saturated heterocycles. The fourth-order valence-electron chi connectivity index (χ4n) is 2.92. The summed E-state index contributed by atoms with van der Waals surface area (Å²) in [5, 5.41) is 3.19. The van der Waals surface area contributed by atoms with E-state index in [1.54, 1.807) is 0 Å². The molecule has 0 bridgehead atoms. The Bertz CT molecular complexity index is 976. The Morgan fingerprint density at radius 1 is 1.15 bits per heavy atom. The summed E-state index contributed by atoms with van der Waals surface area (Å²) in [5.74, 6) is -0.964. The van der Waals surface area contributed by atoms with E-state index in [1.807, 2.05) is 0 Å². The molecule has 3 N–H and O–H groups in total. The first-order valence-corrected chi connectivity index (χ1v) is 10.3. The summed E-state index contributed by atoms with van der Waals surface area (Å²) in [6.07, 6.45) is 2.65. The van der Waals surface area contributed by atoms with Crippen LogP contribution in [-0.4, -0.2) is 38.6 Å². The van der Waals surface area contributed by atoms with Gasteiger partial charge in [-0.15, -0.1) is 11.3 Å². The molecule has 2 aromatic rings. The van der Waals surface area contributed by atoms with Crippen LogP contribution >= 0.6 is 11.3 Å². The van der Waals surface area contributed by atoms with Crippen molar-refractivity contribution in [2.45, 2.75) is 24.2 Å². The van der Waals surface area contributed by atoms with Gasteiger partial charge in [0.05, 0.1) is 10.5 Å². The van der Waals surface area contributed by atoms with Crippen LogP contribution in [0.5, 0.6) is 0 Å². The molecule has 0 atom stereocenters. The fraction of sp³-hybridized carbons (Fsp3) is 0.294. The number of anilines is 1. The van der Waals surface area contributed by atoms with E-state index in [1.165, 1.54) is 49.7 Å². The molecule has 0 aliphatic heterocycles. The number of fused-ring (bicyclic) bond motifs is 1. The number of aryl methyl sites for hydroxylation is 1. The molecule has 0 unspecified atom stereocenters. The zero-order chi connectivity index (χ0) is 19.1. The second-order valence-electron chi connectivity index (χ2n) is 6.19. The van der Waals surface area contributed by atoms with Gasteiger partial charge in [0.25, 0.3) is 11.8 Å². The van der Waals surface area contributed by atoms with Gasteiger partial charge >= 0.3 is 0 Å². The third-order valence-corrected chi connectivity index (χ3v) is 7.33. The largest absolute Gasteiger partial charge is 0.365 e. The normalized spacial score (nSPS) is 13.7. The van der Waals surface area contributed by atoms with E-state index in [2.05, 4.69) is 5.32 Å². The fourth-order valence-corrected chi connectivity index (χ4v) is 5.11. The summed E-state index contributed by atoms with van der Waals surface area (Å²) in [7, 11) is -0.668. The maximum atomic E-state index is 12.5. The highest BCUT2D eigenvalue weighted by Crippen LogP contribution is 2.39. The lowest BCUT2D eigenvalue weighted by molar-refractivity contribution is 0.100. The van der Waals surface area contributed by atoms with Crippen LogP contribution in [0.15, 0.2) is 29.2 Å². The highest BCUT2D eigenvalue weighted by Gasteiger charge is 2.26. The van der Waals surface area contributed by atoms with Crippen molar-refractivity contribution in [1.82, 2.24) is 4.31 Å². The number of primary amides is 1. The van der Waals surface area contributed by atoms with Crippen LogP contribution < -0.4 is 11.1 Å². The van der Waals surface area contributed by atoms with Crippen molar-refractivity contribution in [3.05, 3.63) is 45.8 Å². The molecule has 0 spiro atoms. The van der Waals surface area contributed by atoms with Gasteiger partial charge in [0, 0.05) is 24.5 Å². The Hall–Kier alpha value is -2.23. The number of nitrogens with two attached hydrogens (primary N) is 1. The molecule has 26 heavy (non-hydrogen) atoms. The highest BCUT2D eigenvalue weighted by molar-refractivity contribution is 7.89. The first-order valence-electron chi connectivity index (χ1n) is 8.00. The first kappa shape index (κ1) is 18.6. The molecular weight excluding hydrogens is 374 g/mol. The van der Waals surface area contributed by atoms with E-state index in [9.17, 15) is 18.0 Å². The van der Waals surface area contributed by atoms with Crippen molar-refractivity contribution in [1.29, 1.82) is 0 Å². The molecule has 7 nitrogen and oxygen atoms in total. The van der Waals surface area contributed by atoms with E-state index in [0.717, 1.165) is 34.0 Å². The molecular formula is C17H19N3O4S2. The van der Waals surface area contributed by atoms with E-state index < -0.39 is 21.8 Å². The van der Waals surface area contributed by atoms with Gasteiger partial charge in [0.15, 0.2) is 0 Å². The van der Waals surface area contributed by atoms with Gasteiger partial charge in [-0.25, -0.2) is 12.7 Å². The van der Waals surface area contributed by atoms with Gasteiger partial charge in [-0.1, -0.05) is 0 Å². The minimum absolute atomic E-state index is 0.104. The Kier molecular flexibility index (Phi) is 4.87. The topological polar surface area (TPSA) is 110 Å². The summed E-state index contributed by atoms with van der Waals surface area (Å²) in [6, 6.07) is 5.65. The molecule has 1 aliphatic rings. The number of thiophene rings is 1. The van der Waals surface area contributed by atoms with Crippen molar-refractivity contribution in [2.75, 3.05) is 19.4 Å². The van der Waals surface area contributed by atoms with Crippen LogP contribution in [0.4, 0.5) is 5.00 Å². The molecule has 0 saturated carbocycles. The quantitative estimate of drug-likeness (QED) is 0.807. The molecule has 2 amide bonds. The SMILES string of the molecule is CN(C)S(=O)(=O)c1ccc(C(=O)Nc2sc3c(c2C(N)=O)CCC3)cc1. The summed E-state index contributed by atoms with van der Waals surface area (Å²) in [5.41, 5.74) is 7.11. The van der Waals surface area contributed by atoms with Crippen molar-refractivity contribution in [2.24, 2.45) is 5.73 Å². The number of amides is 2. The van der Waals surface area contributed by atoms with Gasteiger partial charge in [-0.2, -0.15) is 0 Å². The number of benzene rings is 1. The van der Waals surface area contributed by atoms with E-state index in [0.29, 0.717) is 16.1 Å². The Morgan fingerprint density at radius 3 is 2.38 bits per heavy atom. The molecule has 0 fully saturated rings. The number of hydrogen-bond acceptors (Lipinski definition) is 5. The van der Waals surface area contributed by atoms with Gasteiger partial charge < -0.3 is 11.1 Å². The van der Waals surface area contributed by atoms with Crippen LogP contribution in [0.25, 0.3) is 0 Å². The number of hydrogen-bond donors (Lipinski definition) is 2. The molecule has 3 rings (SSSR count). The molecule has 138 valence electrons. The number of carbonyl (C=O) groups excluding carboxylic acids is 2. The third kappa shape index (κ3) is 3.25. The zero-order valence-electron chi connectivity index (χ0n) is 14.4. The third-order valence-electron chi connectivity index (χ3n) is 4.29. The minimum atomic E-state index is -3.55. The number of rotatable bonds is 5. The van der Waals surface area contributed by atoms with E-state index in [-0.39, 0.29) is 4.90 Å². The lowest BCUT2D eigenvalue weighted by Crippen LogP contribution is -2.22. The summed E-state index contributed by atoms with van der Waals surface area (Å²) >= 11 is 1.38. The van der Waals surface area contributed by atoms with Crippen molar-refractivity contribution >= 4 is 38.2 Å². The maximum absolute atomic E-state index is 12.5. The minimum Gasteiger partial charge on any atom is -0.365 e. The van der Waals surface area contributed by atoms with Crippen molar-refractivity contribution in [3.63, 3.8) is 0 Å². The standard InChI is InChI=1S/C17H19N3O4S2/c1-20(2)26(23,24)11-8-6-10(7-9-11)16(22)19-17-14(15(18)21)12-4-3-5-13(12)25-17/h6-9H,3-5H2,1-2H3,(H2,18,21)(H,19,22). The van der Waals surface area contributed by atoms with Crippen LogP contribution in [0.3, 0.4) is 0 Å². The Morgan fingerprint density at radius 2 is 1.81 bits per heavy atom. The smallest absolute Gasteiger partial charge is 0.256 e. The van der Waals surface area contributed by atoms with Crippen LogP contribution in [-0.2, 0) is 22.9 Å². The molecule has 1 aromatic carbocycles. The summed E-state index contributed by atoms with van der Waals surface area (Å²) in [6.45, 7) is 0. The molecule has 9 heteroatoms. The molecule has 1 aromatic heterocycles. The summed E-state index contributed by atoms with van der Waals surface area (Å²) < 4.78 is 25.3. The Labute approximate surface area is 155 Å².